The van der Waals surface area contributed by atoms with Crippen LogP contribution < -0.4 is 15.0 Å². The van der Waals surface area contributed by atoms with Gasteiger partial charge in [-0.15, -0.1) is 0 Å². The van der Waals surface area contributed by atoms with Crippen molar-refractivity contribution in [3.63, 3.8) is 0 Å². The summed E-state index contributed by atoms with van der Waals surface area (Å²) in [4.78, 5) is 29.4. The highest BCUT2D eigenvalue weighted by Crippen LogP contribution is 2.23. The summed E-state index contributed by atoms with van der Waals surface area (Å²) in [5.41, 5.74) is 2.40. The molecule has 2 aromatic rings. The molecule has 0 aliphatic carbocycles. The second-order valence-electron chi connectivity index (χ2n) is 8.84. The molecule has 176 valence electrons. The molecule has 1 N–H and O–H groups in total. The summed E-state index contributed by atoms with van der Waals surface area (Å²) in [5, 5.41) is 2.93. The van der Waals surface area contributed by atoms with Crippen LogP contribution in [0.2, 0.25) is 0 Å². The van der Waals surface area contributed by atoms with Gasteiger partial charge in [0.1, 0.15) is 5.75 Å². The molecule has 0 spiro atoms. The van der Waals surface area contributed by atoms with Crippen LogP contribution >= 0.6 is 0 Å². The predicted molar refractivity (Wildman–Crippen MR) is 129 cm³/mol. The van der Waals surface area contributed by atoms with Gasteiger partial charge in [0, 0.05) is 42.1 Å². The molecular weight excluding hydrogens is 418 g/mol. The van der Waals surface area contributed by atoms with Crippen LogP contribution in [0.3, 0.4) is 0 Å². The van der Waals surface area contributed by atoms with Crippen LogP contribution in [0.4, 0.5) is 11.4 Å². The van der Waals surface area contributed by atoms with E-state index < -0.39 is 0 Å². The lowest BCUT2D eigenvalue weighted by Gasteiger charge is -2.38. The average Bonchev–Trinajstić information content (AvgIpc) is 2.84. The molecule has 2 saturated heterocycles. The summed E-state index contributed by atoms with van der Waals surface area (Å²) in [6, 6.07) is 15.2. The van der Waals surface area contributed by atoms with Gasteiger partial charge in [0.25, 0.3) is 11.8 Å². The first-order chi connectivity index (χ1) is 16.0. The van der Waals surface area contributed by atoms with E-state index >= 15 is 0 Å². The second kappa shape index (κ2) is 10.7. The number of benzene rings is 2. The Hall–Kier alpha value is -3.06. The Kier molecular flexibility index (Phi) is 7.50. The van der Waals surface area contributed by atoms with Crippen molar-refractivity contribution in [1.82, 2.24) is 4.90 Å². The van der Waals surface area contributed by atoms with Gasteiger partial charge in [-0.3, -0.25) is 9.59 Å². The van der Waals surface area contributed by atoms with Crippen molar-refractivity contribution in [2.24, 2.45) is 0 Å². The molecule has 7 heteroatoms. The number of amides is 2. The van der Waals surface area contributed by atoms with Gasteiger partial charge in [-0.1, -0.05) is 0 Å². The fourth-order valence-corrected chi connectivity index (χ4v) is 4.62. The molecular formula is C26H33N3O4. The van der Waals surface area contributed by atoms with E-state index in [1.165, 1.54) is 0 Å². The fourth-order valence-electron chi connectivity index (χ4n) is 4.62. The summed E-state index contributed by atoms with van der Waals surface area (Å²) < 4.78 is 11.1. The van der Waals surface area contributed by atoms with Crippen LogP contribution in [-0.2, 0) is 9.53 Å². The molecule has 0 radical (unpaired) electrons. The van der Waals surface area contributed by atoms with Crippen molar-refractivity contribution in [2.45, 2.75) is 45.2 Å². The van der Waals surface area contributed by atoms with Crippen LogP contribution in [0, 0.1) is 0 Å². The molecule has 2 aromatic carbocycles. The van der Waals surface area contributed by atoms with Crippen LogP contribution in [0.1, 0.15) is 43.5 Å². The fraction of sp³-hybridized carbons (Fsp3) is 0.462. The minimum absolute atomic E-state index is 0.00964. The van der Waals surface area contributed by atoms with E-state index in [1.807, 2.05) is 29.2 Å². The number of hydrogen-bond donors (Lipinski definition) is 1. The Bertz CT molecular complexity index is 929. The number of nitrogens with one attached hydrogen (secondary N) is 1. The number of nitrogens with zero attached hydrogens (tertiary/aromatic N) is 2. The maximum absolute atomic E-state index is 12.6. The van der Waals surface area contributed by atoms with Gasteiger partial charge >= 0.3 is 0 Å². The van der Waals surface area contributed by atoms with E-state index in [0.717, 1.165) is 56.9 Å². The van der Waals surface area contributed by atoms with Gasteiger partial charge in [-0.05, 0) is 81.6 Å². The molecule has 2 heterocycles. The summed E-state index contributed by atoms with van der Waals surface area (Å²) in [7, 11) is 0. The van der Waals surface area contributed by atoms with E-state index in [4.69, 9.17) is 9.47 Å². The number of carbonyl (C=O) groups excluding carboxylic acids is 2. The molecule has 2 aliphatic heterocycles. The largest absolute Gasteiger partial charge is 0.484 e. The SMILES string of the molecule is CC1CCCC(C)N1C(=O)COc1ccc(C(=O)Nc2ccc(N3CCOCC3)cc2)cc1. The number of likely N-dealkylation sites (tertiary alicyclic amines) is 1. The van der Waals surface area contributed by atoms with E-state index in [2.05, 4.69) is 24.1 Å². The van der Waals surface area contributed by atoms with E-state index in [0.29, 0.717) is 11.3 Å². The standard InChI is InChI=1S/C26H33N3O4/c1-19-4-3-5-20(2)29(19)25(30)18-33-24-12-6-21(7-13-24)26(31)27-22-8-10-23(11-9-22)28-14-16-32-17-15-28/h6-13,19-20H,3-5,14-18H2,1-2H3,(H,27,31). The third kappa shape index (κ3) is 5.85. The monoisotopic (exact) mass is 451 g/mol. The van der Waals surface area contributed by atoms with Gasteiger partial charge in [-0.25, -0.2) is 0 Å². The van der Waals surface area contributed by atoms with Crippen molar-refractivity contribution in [3.05, 3.63) is 54.1 Å². The van der Waals surface area contributed by atoms with E-state index in [1.54, 1.807) is 24.3 Å². The molecule has 2 atom stereocenters. The lowest BCUT2D eigenvalue weighted by Crippen LogP contribution is -2.49. The van der Waals surface area contributed by atoms with E-state index in [-0.39, 0.29) is 30.5 Å². The number of ether oxygens (including phenoxy) is 2. The third-order valence-corrected chi connectivity index (χ3v) is 6.46. The Labute approximate surface area is 195 Å². The van der Waals surface area contributed by atoms with Gasteiger partial charge in [0.2, 0.25) is 0 Å². The van der Waals surface area contributed by atoms with Crippen molar-refractivity contribution < 1.29 is 19.1 Å². The molecule has 0 bridgehead atoms. The van der Waals surface area contributed by atoms with Crippen LogP contribution in [0.15, 0.2) is 48.5 Å². The Morgan fingerprint density at radius 3 is 2.24 bits per heavy atom. The van der Waals surface area contributed by atoms with Crippen LogP contribution in [0.25, 0.3) is 0 Å². The summed E-state index contributed by atoms with van der Waals surface area (Å²) in [6.45, 7) is 7.43. The van der Waals surface area contributed by atoms with Crippen molar-refractivity contribution >= 4 is 23.2 Å². The van der Waals surface area contributed by atoms with Gasteiger partial charge in [0.15, 0.2) is 6.61 Å². The highest BCUT2D eigenvalue weighted by Gasteiger charge is 2.29. The average molecular weight is 452 g/mol. The zero-order chi connectivity index (χ0) is 23.2. The summed E-state index contributed by atoms with van der Waals surface area (Å²) in [6.07, 6.45) is 3.24. The zero-order valence-electron chi connectivity index (χ0n) is 19.5. The third-order valence-electron chi connectivity index (χ3n) is 6.46. The van der Waals surface area contributed by atoms with Crippen molar-refractivity contribution in [3.8, 4) is 5.75 Å². The normalized spacial score (nSPS) is 20.9. The van der Waals surface area contributed by atoms with Crippen LogP contribution in [0.5, 0.6) is 5.75 Å². The minimum Gasteiger partial charge on any atom is -0.484 e. The first-order valence-electron chi connectivity index (χ1n) is 11.8. The molecule has 7 nitrogen and oxygen atoms in total. The smallest absolute Gasteiger partial charge is 0.260 e. The topological polar surface area (TPSA) is 71.1 Å². The first kappa shape index (κ1) is 23.1. The maximum Gasteiger partial charge on any atom is 0.260 e. The highest BCUT2D eigenvalue weighted by atomic mass is 16.5. The minimum atomic E-state index is -0.187. The Balaban J connectivity index is 1.28. The number of piperidine rings is 1. The van der Waals surface area contributed by atoms with E-state index in [9.17, 15) is 9.59 Å². The van der Waals surface area contributed by atoms with Crippen molar-refractivity contribution in [2.75, 3.05) is 43.1 Å². The Morgan fingerprint density at radius 2 is 1.61 bits per heavy atom. The predicted octanol–water partition coefficient (Wildman–Crippen LogP) is 3.94. The molecule has 0 aromatic heterocycles. The van der Waals surface area contributed by atoms with Crippen molar-refractivity contribution in [1.29, 1.82) is 0 Å². The number of morpholine rings is 1. The lowest BCUT2D eigenvalue weighted by atomic mass is 9.97. The number of carbonyl (C=O) groups is 2. The quantitative estimate of drug-likeness (QED) is 0.720. The molecule has 2 unspecified atom stereocenters. The number of anilines is 2. The Morgan fingerprint density at radius 1 is 0.970 bits per heavy atom. The second-order valence-corrected chi connectivity index (χ2v) is 8.84. The number of rotatable bonds is 6. The summed E-state index contributed by atoms with van der Waals surface area (Å²) in [5.74, 6) is 0.400. The molecule has 33 heavy (non-hydrogen) atoms. The molecule has 2 aliphatic rings. The lowest BCUT2D eigenvalue weighted by molar-refractivity contribution is -0.139. The molecule has 2 fully saturated rings. The molecule has 4 rings (SSSR count). The zero-order valence-corrected chi connectivity index (χ0v) is 19.5. The molecule has 0 saturated carbocycles. The van der Waals surface area contributed by atoms with Gasteiger partial charge in [-0.2, -0.15) is 0 Å². The summed E-state index contributed by atoms with van der Waals surface area (Å²) >= 11 is 0. The maximum atomic E-state index is 12.6. The first-order valence-corrected chi connectivity index (χ1v) is 11.8. The number of hydrogen-bond acceptors (Lipinski definition) is 5. The van der Waals surface area contributed by atoms with Crippen LogP contribution in [-0.4, -0.2) is 61.7 Å². The molecule has 2 amide bonds. The highest BCUT2D eigenvalue weighted by molar-refractivity contribution is 6.04. The van der Waals surface area contributed by atoms with Gasteiger partial charge < -0.3 is 24.6 Å². The van der Waals surface area contributed by atoms with Gasteiger partial charge in [0.05, 0.1) is 13.2 Å².